The average Bonchev–Trinajstić information content (AvgIpc) is 4.12. The predicted octanol–water partition coefficient (Wildman–Crippen LogP) is 18.6. The van der Waals surface area contributed by atoms with Crippen LogP contribution in [0.3, 0.4) is 0 Å². The first-order chi connectivity index (χ1) is 36.6. The minimum Gasteiger partial charge on any atom is -0.309 e. The normalized spacial score (nSPS) is 12.6. The third-order valence-electron chi connectivity index (χ3n) is 17.2. The highest BCUT2D eigenvalue weighted by molar-refractivity contribution is 6.12. The number of aryl methyl sites for hydroxylation is 4. The Morgan fingerprint density at radius 1 is 0.276 bits per heavy atom. The molecule has 76 heavy (non-hydrogen) atoms. The second-order valence-electron chi connectivity index (χ2n) is 23.3. The zero-order valence-corrected chi connectivity index (χ0v) is 45.4. The number of aromatic nitrogens is 4. The second kappa shape index (κ2) is 17.3. The van der Waals surface area contributed by atoms with Crippen LogP contribution in [0.1, 0.15) is 97.2 Å². The second-order valence-corrected chi connectivity index (χ2v) is 23.3. The molecule has 0 unspecified atom stereocenters. The lowest BCUT2D eigenvalue weighted by molar-refractivity contribution is 0.637. The molecule has 0 saturated carbocycles. The van der Waals surface area contributed by atoms with E-state index in [9.17, 15) is 0 Å². The smallest absolute Gasteiger partial charge is 0.0544 e. The molecule has 13 aromatic rings. The molecular formula is C72H64N4. The van der Waals surface area contributed by atoms with Gasteiger partial charge in [0.25, 0.3) is 0 Å². The summed E-state index contributed by atoms with van der Waals surface area (Å²) in [5.74, 6) is 0. The number of fused-ring (bicyclic) bond motifs is 9. The highest BCUT2D eigenvalue weighted by Gasteiger charge is 2.30. The molecule has 9 aromatic carbocycles. The Labute approximate surface area is 446 Å². The Balaban J connectivity index is 0.983. The standard InChI is InChI=1S/C72H64N4/c1-45-34-46(2)37-56(36-45)75-64-19-13-11-17-58(64)60-29-23-52(42-68(60)75)71(7,8)50-25-31-66-62(40-50)63-41-51(26-32-67(63)74(66)55-27-21-49(22-28-55)70(5,6)54-16-15-33-73-44-54)72(9,10)53-24-30-61-59-18-12-14-20-65(59)76(69(61)43-53)57-38-47(3)35-48(4)39-57/h11-44H,1-10H3. The van der Waals surface area contributed by atoms with Crippen LogP contribution in [0.5, 0.6) is 0 Å². The molecule has 0 N–H and O–H groups in total. The number of rotatable bonds is 9. The third kappa shape index (κ3) is 7.44. The van der Waals surface area contributed by atoms with E-state index in [0.29, 0.717) is 0 Å². The molecule has 4 aromatic heterocycles. The van der Waals surface area contributed by atoms with Crippen LogP contribution in [0.4, 0.5) is 0 Å². The summed E-state index contributed by atoms with van der Waals surface area (Å²) in [7, 11) is 0. The summed E-state index contributed by atoms with van der Waals surface area (Å²) in [5, 5.41) is 7.56. The van der Waals surface area contributed by atoms with E-state index >= 15 is 0 Å². The van der Waals surface area contributed by atoms with Gasteiger partial charge in [-0.2, -0.15) is 0 Å². The van der Waals surface area contributed by atoms with Gasteiger partial charge < -0.3 is 13.7 Å². The van der Waals surface area contributed by atoms with Gasteiger partial charge in [0.2, 0.25) is 0 Å². The predicted molar refractivity (Wildman–Crippen MR) is 322 cm³/mol. The van der Waals surface area contributed by atoms with Crippen molar-refractivity contribution in [2.24, 2.45) is 0 Å². The lowest BCUT2D eigenvalue weighted by Crippen LogP contribution is -2.19. The Bertz CT molecular complexity index is 4180. The molecule has 4 heterocycles. The fourth-order valence-electron chi connectivity index (χ4n) is 12.8. The van der Waals surface area contributed by atoms with Crippen molar-refractivity contribution in [1.82, 2.24) is 18.7 Å². The number of benzene rings is 9. The van der Waals surface area contributed by atoms with Gasteiger partial charge in [0.05, 0.1) is 33.1 Å². The first-order valence-electron chi connectivity index (χ1n) is 26.9. The maximum atomic E-state index is 4.47. The number of hydrogen-bond donors (Lipinski definition) is 0. The minimum atomic E-state index is -0.333. The van der Waals surface area contributed by atoms with Crippen molar-refractivity contribution < 1.29 is 0 Å². The molecule has 0 aliphatic carbocycles. The lowest BCUT2D eigenvalue weighted by Gasteiger charge is -2.27. The van der Waals surface area contributed by atoms with Crippen molar-refractivity contribution in [2.75, 3.05) is 0 Å². The van der Waals surface area contributed by atoms with Gasteiger partial charge in [0.15, 0.2) is 0 Å². The molecule has 0 atom stereocenters. The van der Waals surface area contributed by atoms with Crippen molar-refractivity contribution >= 4 is 65.4 Å². The van der Waals surface area contributed by atoms with E-state index in [-0.39, 0.29) is 16.2 Å². The van der Waals surface area contributed by atoms with E-state index < -0.39 is 0 Å². The number of pyridine rings is 1. The van der Waals surface area contributed by atoms with E-state index in [4.69, 9.17) is 0 Å². The average molecular weight is 985 g/mol. The summed E-state index contributed by atoms with van der Waals surface area (Å²) in [6.07, 6.45) is 3.84. The van der Waals surface area contributed by atoms with Gasteiger partial charge in [0, 0.05) is 78.0 Å². The molecule has 0 saturated heterocycles. The van der Waals surface area contributed by atoms with Crippen LogP contribution in [0.2, 0.25) is 0 Å². The zero-order chi connectivity index (χ0) is 52.4. The first kappa shape index (κ1) is 47.3. The van der Waals surface area contributed by atoms with Gasteiger partial charge in [0.1, 0.15) is 0 Å². The highest BCUT2D eigenvalue weighted by Crippen LogP contribution is 2.44. The lowest BCUT2D eigenvalue weighted by atomic mass is 9.76. The van der Waals surface area contributed by atoms with Crippen LogP contribution in [0.15, 0.2) is 207 Å². The van der Waals surface area contributed by atoms with Crippen molar-refractivity contribution in [1.29, 1.82) is 0 Å². The molecule has 13 rings (SSSR count). The molecule has 0 spiro atoms. The minimum absolute atomic E-state index is 0.207. The summed E-state index contributed by atoms with van der Waals surface area (Å²) in [5.41, 5.74) is 22.5. The van der Waals surface area contributed by atoms with Crippen LogP contribution in [-0.2, 0) is 16.2 Å². The maximum Gasteiger partial charge on any atom is 0.0544 e. The number of para-hydroxylation sites is 2. The van der Waals surface area contributed by atoms with Crippen molar-refractivity contribution in [2.45, 2.75) is 85.5 Å². The summed E-state index contributed by atoms with van der Waals surface area (Å²) < 4.78 is 7.41. The largest absolute Gasteiger partial charge is 0.309 e. The molecule has 0 fully saturated rings. The van der Waals surface area contributed by atoms with Gasteiger partial charge >= 0.3 is 0 Å². The van der Waals surface area contributed by atoms with Gasteiger partial charge in [-0.15, -0.1) is 0 Å². The van der Waals surface area contributed by atoms with E-state index in [1.807, 2.05) is 18.5 Å². The molecule has 0 aliphatic heterocycles. The molecular weight excluding hydrogens is 921 g/mol. The van der Waals surface area contributed by atoms with Crippen LogP contribution in [-0.4, -0.2) is 18.7 Å². The third-order valence-corrected chi connectivity index (χ3v) is 17.2. The number of hydrogen-bond acceptors (Lipinski definition) is 1. The summed E-state index contributed by atoms with van der Waals surface area (Å²) in [6, 6.07) is 73.7. The fourth-order valence-corrected chi connectivity index (χ4v) is 12.8. The Morgan fingerprint density at radius 2 is 0.645 bits per heavy atom. The molecule has 0 bridgehead atoms. The molecule has 0 radical (unpaired) electrons. The number of nitrogens with zero attached hydrogens (tertiary/aromatic N) is 4. The summed E-state index contributed by atoms with van der Waals surface area (Å²) in [6.45, 7) is 22.9. The molecule has 0 amide bonds. The van der Waals surface area contributed by atoms with Gasteiger partial charge in [-0.3, -0.25) is 4.98 Å². The van der Waals surface area contributed by atoms with Crippen LogP contribution >= 0.6 is 0 Å². The van der Waals surface area contributed by atoms with Gasteiger partial charge in [-0.25, -0.2) is 0 Å². The van der Waals surface area contributed by atoms with E-state index in [0.717, 1.165) is 5.69 Å². The Morgan fingerprint density at radius 3 is 1.09 bits per heavy atom. The van der Waals surface area contributed by atoms with Crippen molar-refractivity contribution in [3.8, 4) is 17.1 Å². The Hall–Kier alpha value is -8.47. The fraction of sp³-hybridized carbons (Fsp3) is 0.181. The summed E-state index contributed by atoms with van der Waals surface area (Å²) >= 11 is 0. The zero-order valence-electron chi connectivity index (χ0n) is 45.4. The molecule has 372 valence electrons. The van der Waals surface area contributed by atoms with E-state index in [1.165, 1.54) is 132 Å². The Kier molecular flexibility index (Phi) is 10.8. The van der Waals surface area contributed by atoms with Crippen molar-refractivity contribution in [3.05, 3.63) is 262 Å². The SMILES string of the molecule is Cc1cc(C)cc(-n2c3ccccc3c3ccc(C(C)(C)c4ccc5c(c4)c4cc(C(C)(C)c6ccc7c8ccccc8n(-c8cc(C)cc(C)c8)c7c6)ccc4n5-c4ccc(C(C)(C)c5cccnc5)cc4)cc32)c1. The van der Waals surface area contributed by atoms with Crippen LogP contribution < -0.4 is 0 Å². The molecule has 0 aliphatic rings. The molecule has 4 nitrogen and oxygen atoms in total. The van der Waals surface area contributed by atoms with Crippen LogP contribution in [0, 0.1) is 27.7 Å². The monoisotopic (exact) mass is 985 g/mol. The van der Waals surface area contributed by atoms with E-state index in [2.05, 4.69) is 276 Å². The summed E-state index contributed by atoms with van der Waals surface area (Å²) in [4.78, 5) is 4.47. The van der Waals surface area contributed by atoms with Gasteiger partial charge in [-0.05, 0) is 174 Å². The maximum absolute atomic E-state index is 4.47. The molecule has 4 heteroatoms. The van der Waals surface area contributed by atoms with E-state index in [1.54, 1.807) is 0 Å². The first-order valence-corrected chi connectivity index (χ1v) is 26.9. The van der Waals surface area contributed by atoms with Crippen molar-refractivity contribution in [3.63, 3.8) is 0 Å². The quantitative estimate of drug-likeness (QED) is 0.142. The van der Waals surface area contributed by atoms with Crippen LogP contribution in [0.25, 0.3) is 82.5 Å². The van der Waals surface area contributed by atoms with Gasteiger partial charge in [-0.1, -0.05) is 145 Å². The highest BCUT2D eigenvalue weighted by atomic mass is 15.0. The topological polar surface area (TPSA) is 27.7 Å².